The molecular formula is C23H14N2O4S. The number of carbonyl (C=O) groups is 1. The Hall–Kier alpha value is -3.97. The fourth-order valence-corrected chi connectivity index (χ4v) is 4.06. The van der Waals surface area contributed by atoms with Crippen molar-refractivity contribution in [2.75, 3.05) is 5.32 Å². The van der Waals surface area contributed by atoms with Gasteiger partial charge in [0.05, 0.1) is 12.0 Å². The van der Waals surface area contributed by atoms with Gasteiger partial charge in [-0.2, -0.15) is 0 Å². The number of nitrogens with one attached hydrogen (secondary N) is 1. The zero-order valence-electron chi connectivity index (χ0n) is 15.5. The van der Waals surface area contributed by atoms with E-state index in [4.69, 9.17) is 8.83 Å². The number of nitrogens with zero attached hydrogens (tertiary/aromatic N) is 1. The van der Waals surface area contributed by atoms with Gasteiger partial charge in [-0.1, -0.05) is 30.3 Å². The van der Waals surface area contributed by atoms with Crippen LogP contribution in [0.2, 0.25) is 0 Å². The highest BCUT2D eigenvalue weighted by atomic mass is 32.1. The van der Waals surface area contributed by atoms with Crippen molar-refractivity contribution in [3.63, 3.8) is 0 Å². The Balaban J connectivity index is 1.53. The van der Waals surface area contributed by atoms with Crippen molar-refractivity contribution >= 4 is 33.9 Å². The molecule has 2 aromatic carbocycles. The summed E-state index contributed by atoms with van der Waals surface area (Å²) in [7, 11) is 0. The van der Waals surface area contributed by atoms with E-state index >= 15 is 0 Å². The van der Waals surface area contributed by atoms with E-state index in [0.29, 0.717) is 32.6 Å². The minimum Gasteiger partial charge on any atom is -0.462 e. The van der Waals surface area contributed by atoms with Gasteiger partial charge in [0.1, 0.15) is 10.5 Å². The van der Waals surface area contributed by atoms with E-state index in [1.807, 2.05) is 36.4 Å². The Morgan fingerprint density at radius 2 is 1.83 bits per heavy atom. The largest absolute Gasteiger partial charge is 0.462 e. The van der Waals surface area contributed by atoms with Gasteiger partial charge in [-0.3, -0.25) is 4.79 Å². The van der Waals surface area contributed by atoms with Gasteiger partial charge in [0.2, 0.25) is 0 Å². The number of furan rings is 1. The van der Waals surface area contributed by atoms with Crippen LogP contribution in [0.25, 0.3) is 33.0 Å². The van der Waals surface area contributed by atoms with Crippen molar-refractivity contribution in [1.82, 2.24) is 4.98 Å². The third kappa shape index (κ3) is 3.42. The fraction of sp³-hybridized carbons (Fsp3) is 0. The Kier molecular flexibility index (Phi) is 4.49. The van der Waals surface area contributed by atoms with E-state index in [1.54, 1.807) is 36.6 Å². The molecule has 0 aliphatic rings. The zero-order chi connectivity index (χ0) is 20.5. The lowest BCUT2D eigenvalue weighted by molar-refractivity contribution is 0.103. The molecule has 7 heteroatoms. The molecule has 1 N–H and O–H groups in total. The van der Waals surface area contributed by atoms with Crippen LogP contribution in [-0.4, -0.2) is 10.9 Å². The van der Waals surface area contributed by atoms with Crippen molar-refractivity contribution in [2.24, 2.45) is 0 Å². The van der Waals surface area contributed by atoms with Gasteiger partial charge in [-0.15, -0.1) is 11.3 Å². The van der Waals surface area contributed by atoms with Crippen LogP contribution in [0.3, 0.4) is 0 Å². The van der Waals surface area contributed by atoms with Gasteiger partial charge >= 0.3 is 5.63 Å². The summed E-state index contributed by atoms with van der Waals surface area (Å²) in [4.78, 5) is 29.6. The molecule has 1 amide bonds. The van der Waals surface area contributed by atoms with Gasteiger partial charge < -0.3 is 14.2 Å². The summed E-state index contributed by atoms with van der Waals surface area (Å²) < 4.78 is 10.6. The third-order valence-corrected chi connectivity index (χ3v) is 5.56. The van der Waals surface area contributed by atoms with Crippen molar-refractivity contribution in [3.8, 4) is 22.0 Å². The maximum absolute atomic E-state index is 13.1. The van der Waals surface area contributed by atoms with E-state index < -0.39 is 5.63 Å². The smallest absolute Gasteiger partial charge is 0.336 e. The molecule has 3 aromatic heterocycles. The molecule has 0 saturated heterocycles. The van der Waals surface area contributed by atoms with Crippen molar-refractivity contribution < 1.29 is 13.6 Å². The topological polar surface area (TPSA) is 85.3 Å². The second-order valence-corrected chi connectivity index (χ2v) is 7.50. The lowest BCUT2D eigenvalue weighted by atomic mass is 10.1. The highest BCUT2D eigenvalue weighted by Crippen LogP contribution is 2.34. The van der Waals surface area contributed by atoms with E-state index in [1.165, 1.54) is 17.4 Å². The van der Waals surface area contributed by atoms with Gasteiger partial charge in [0.15, 0.2) is 10.8 Å². The molecule has 0 aliphatic carbocycles. The number of hydrogen-bond acceptors (Lipinski definition) is 6. The third-order valence-electron chi connectivity index (χ3n) is 4.49. The van der Waals surface area contributed by atoms with Crippen LogP contribution in [-0.2, 0) is 0 Å². The molecule has 0 bridgehead atoms. The average molecular weight is 414 g/mol. The Labute approximate surface area is 174 Å². The summed E-state index contributed by atoms with van der Waals surface area (Å²) in [5.74, 6) is 0.331. The average Bonchev–Trinajstić information content (AvgIpc) is 3.44. The first-order chi connectivity index (χ1) is 14.7. The van der Waals surface area contributed by atoms with Gasteiger partial charge in [-0.05, 0) is 36.4 Å². The van der Waals surface area contributed by atoms with Crippen LogP contribution < -0.4 is 10.9 Å². The second-order valence-electron chi connectivity index (χ2n) is 6.50. The van der Waals surface area contributed by atoms with E-state index in [2.05, 4.69) is 10.3 Å². The van der Waals surface area contributed by atoms with Crippen molar-refractivity contribution in [2.45, 2.75) is 0 Å². The molecule has 3 heterocycles. The minimum atomic E-state index is -0.415. The van der Waals surface area contributed by atoms with Crippen LogP contribution in [0.1, 0.15) is 9.67 Å². The lowest BCUT2D eigenvalue weighted by Crippen LogP contribution is -2.11. The van der Waals surface area contributed by atoms with Gasteiger partial charge in [0.25, 0.3) is 5.91 Å². The standard InChI is InChI=1S/C23H14N2O4S/c26-19-11-8-15-13-16(9-10-17(15)29-19)24-22(27)21-20(14-5-2-1-3-6-14)25-23(30-21)18-7-4-12-28-18/h1-13H,(H,24,27). The number of carbonyl (C=O) groups excluding carboxylic acids is 1. The number of fused-ring (bicyclic) bond motifs is 1. The summed E-state index contributed by atoms with van der Waals surface area (Å²) in [5, 5.41) is 4.26. The molecule has 6 nitrogen and oxygen atoms in total. The number of aromatic nitrogens is 1. The monoisotopic (exact) mass is 414 g/mol. The summed E-state index contributed by atoms with van der Waals surface area (Å²) in [6, 6.07) is 21.3. The van der Waals surface area contributed by atoms with Crippen LogP contribution in [0.5, 0.6) is 0 Å². The van der Waals surface area contributed by atoms with Crippen LogP contribution in [0, 0.1) is 0 Å². The highest BCUT2D eigenvalue weighted by Gasteiger charge is 2.21. The molecular weight excluding hydrogens is 400 g/mol. The maximum Gasteiger partial charge on any atom is 0.336 e. The van der Waals surface area contributed by atoms with Crippen LogP contribution >= 0.6 is 11.3 Å². The summed E-state index contributed by atoms with van der Waals surface area (Å²) in [5.41, 5.74) is 2.08. The number of amides is 1. The molecule has 5 rings (SSSR count). The second kappa shape index (κ2) is 7.46. The zero-order valence-corrected chi connectivity index (χ0v) is 16.3. The summed E-state index contributed by atoms with van der Waals surface area (Å²) in [6.07, 6.45) is 1.58. The summed E-state index contributed by atoms with van der Waals surface area (Å²) in [6.45, 7) is 0. The molecule has 0 fully saturated rings. The maximum atomic E-state index is 13.1. The molecule has 0 saturated carbocycles. The SMILES string of the molecule is O=C(Nc1ccc2oc(=O)ccc2c1)c1sc(-c2ccco2)nc1-c1ccccc1. The van der Waals surface area contributed by atoms with E-state index in [0.717, 1.165) is 10.9 Å². The molecule has 5 aromatic rings. The molecule has 146 valence electrons. The molecule has 0 unspecified atom stereocenters. The number of thiazole rings is 1. The number of anilines is 1. The number of rotatable bonds is 4. The predicted molar refractivity (Wildman–Crippen MR) is 116 cm³/mol. The Morgan fingerprint density at radius 1 is 0.967 bits per heavy atom. The first kappa shape index (κ1) is 18.1. The minimum absolute atomic E-state index is 0.277. The quantitative estimate of drug-likeness (QED) is 0.397. The predicted octanol–water partition coefficient (Wildman–Crippen LogP) is 5.43. The van der Waals surface area contributed by atoms with Crippen LogP contribution in [0.15, 0.2) is 92.7 Å². The molecule has 0 spiro atoms. The van der Waals surface area contributed by atoms with E-state index in [9.17, 15) is 9.59 Å². The summed E-state index contributed by atoms with van der Waals surface area (Å²) >= 11 is 1.27. The molecule has 0 aliphatic heterocycles. The van der Waals surface area contributed by atoms with Crippen LogP contribution in [0.4, 0.5) is 5.69 Å². The Morgan fingerprint density at radius 3 is 2.63 bits per heavy atom. The van der Waals surface area contributed by atoms with Crippen molar-refractivity contribution in [3.05, 3.63) is 94.4 Å². The normalized spacial score (nSPS) is 10.9. The number of hydrogen-bond donors (Lipinski definition) is 1. The van der Waals surface area contributed by atoms with Crippen molar-refractivity contribution in [1.29, 1.82) is 0 Å². The lowest BCUT2D eigenvalue weighted by Gasteiger charge is -2.06. The fourth-order valence-electron chi connectivity index (χ4n) is 3.11. The first-order valence-electron chi connectivity index (χ1n) is 9.13. The van der Waals surface area contributed by atoms with Gasteiger partial charge in [-0.25, -0.2) is 9.78 Å². The first-order valence-corrected chi connectivity index (χ1v) is 9.94. The highest BCUT2D eigenvalue weighted by molar-refractivity contribution is 7.17. The molecule has 0 atom stereocenters. The Bertz CT molecular complexity index is 1400. The van der Waals surface area contributed by atoms with Gasteiger partial charge in [0, 0.05) is 22.7 Å². The molecule has 0 radical (unpaired) electrons. The van der Waals surface area contributed by atoms with E-state index in [-0.39, 0.29) is 5.91 Å². The number of benzene rings is 2. The molecule has 30 heavy (non-hydrogen) atoms.